The average molecular weight is 462 g/mol. The predicted molar refractivity (Wildman–Crippen MR) is 129 cm³/mol. The molecule has 1 heterocycles. The summed E-state index contributed by atoms with van der Waals surface area (Å²) in [6.45, 7) is 2.64. The van der Waals surface area contributed by atoms with Crippen LogP contribution in [0.25, 0.3) is 0 Å². The number of nitrogens with zero attached hydrogens (tertiary/aromatic N) is 1. The molecule has 1 aliphatic rings. The van der Waals surface area contributed by atoms with Crippen LogP contribution in [0.15, 0.2) is 72.8 Å². The third-order valence-electron chi connectivity index (χ3n) is 5.58. The monoisotopic (exact) mass is 461 g/mol. The Bertz CT molecular complexity index is 1210. The Kier molecular flexibility index (Phi) is 6.75. The Hall–Kier alpha value is -3.64. The Labute approximate surface area is 197 Å². The summed E-state index contributed by atoms with van der Waals surface area (Å²) < 4.78 is 0. The van der Waals surface area contributed by atoms with Gasteiger partial charge in [-0.2, -0.15) is 0 Å². The van der Waals surface area contributed by atoms with E-state index in [-0.39, 0.29) is 30.7 Å². The van der Waals surface area contributed by atoms with Crippen molar-refractivity contribution in [3.05, 3.63) is 94.5 Å². The van der Waals surface area contributed by atoms with E-state index in [1.807, 2.05) is 31.2 Å². The van der Waals surface area contributed by atoms with E-state index in [0.717, 1.165) is 11.1 Å². The van der Waals surface area contributed by atoms with E-state index in [1.54, 1.807) is 53.4 Å². The maximum absolute atomic E-state index is 12.9. The zero-order valence-electron chi connectivity index (χ0n) is 18.2. The molecule has 1 fully saturated rings. The quantitative estimate of drug-likeness (QED) is 0.564. The summed E-state index contributed by atoms with van der Waals surface area (Å²) in [5.74, 6) is -1.25. The maximum atomic E-state index is 12.9. The van der Waals surface area contributed by atoms with Crippen molar-refractivity contribution in [3.63, 3.8) is 0 Å². The number of hydrogen-bond acceptors (Lipinski definition) is 3. The van der Waals surface area contributed by atoms with Crippen molar-refractivity contribution in [3.8, 4) is 0 Å². The summed E-state index contributed by atoms with van der Waals surface area (Å²) in [4.78, 5) is 39.8. The molecular formula is C26H24ClN3O3. The van der Waals surface area contributed by atoms with Crippen LogP contribution < -0.4 is 15.5 Å². The molecule has 4 rings (SSSR count). The van der Waals surface area contributed by atoms with Crippen LogP contribution in [-0.4, -0.2) is 24.3 Å². The summed E-state index contributed by atoms with van der Waals surface area (Å²) in [6, 6.07) is 21.7. The van der Waals surface area contributed by atoms with Crippen molar-refractivity contribution in [2.45, 2.75) is 19.9 Å². The highest BCUT2D eigenvalue weighted by Gasteiger charge is 2.35. The number of para-hydroxylation sites is 1. The molecular weight excluding hydrogens is 438 g/mol. The first-order valence-electron chi connectivity index (χ1n) is 10.7. The lowest BCUT2D eigenvalue weighted by Crippen LogP contribution is -2.29. The molecule has 3 aromatic rings. The van der Waals surface area contributed by atoms with Crippen molar-refractivity contribution >= 4 is 40.7 Å². The number of aryl methyl sites for hydroxylation is 1. The van der Waals surface area contributed by atoms with Gasteiger partial charge in [0.15, 0.2) is 0 Å². The van der Waals surface area contributed by atoms with Gasteiger partial charge < -0.3 is 15.5 Å². The van der Waals surface area contributed by atoms with Crippen LogP contribution in [0, 0.1) is 12.8 Å². The van der Waals surface area contributed by atoms with Gasteiger partial charge in [-0.3, -0.25) is 14.4 Å². The lowest BCUT2D eigenvalue weighted by atomic mass is 10.1. The van der Waals surface area contributed by atoms with Gasteiger partial charge in [0.1, 0.15) is 0 Å². The molecule has 7 heteroatoms. The molecule has 0 aliphatic carbocycles. The van der Waals surface area contributed by atoms with Crippen molar-refractivity contribution in [2.75, 3.05) is 16.8 Å². The molecule has 0 unspecified atom stereocenters. The van der Waals surface area contributed by atoms with Crippen LogP contribution in [0.5, 0.6) is 0 Å². The van der Waals surface area contributed by atoms with Crippen LogP contribution in [-0.2, 0) is 16.1 Å². The van der Waals surface area contributed by atoms with E-state index >= 15 is 0 Å². The van der Waals surface area contributed by atoms with Crippen LogP contribution in [0.1, 0.15) is 27.9 Å². The topological polar surface area (TPSA) is 78.5 Å². The number of carbonyl (C=O) groups is 3. The van der Waals surface area contributed by atoms with Crippen LogP contribution in [0.2, 0.25) is 5.02 Å². The normalized spacial score (nSPS) is 15.4. The minimum Gasteiger partial charge on any atom is -0.348 e. The second kappa shape index (κ2) is 9.88. The van der Waals surface area contributed by atoms with E-state index in [4.69, 9.17) is 11.6 Å². The maximum Gasteiger partial charge on any atom is 0.253 e. The molecule has 0 radical (unpaired) electrons. The molecule has 0 bridgehead atoms. The molecule has 6 nitrogen and oxygen atoms in total. The number of hydrogen-bond donors (Lipinski definition) is 2. The van der Waals surface area contributed by atoms with E-state index in [9.17, 15) is 14.4 Å². The van der Waals surface area contributed by atoms with Crippen LogP contribution in [0.3, 0.4) is 0 Å². The Morgan fingerprint density at radius 2 is 1.82 bits per heavy atom. The van der Waals surface area contributed by atoms with Gasteiger partial charge in [-0.25, -0.2) is 0 Å². The third kappa shape index (κ3) is 5.41. The number of rotatable bonds is 6. The number of amides is 3. The van der Waals surface area contributed by atoms with Crippen molar-refractivity contribution in [1.82, 2.24) is 5.32 Å². The van der Waals surface area contributed by atoms with Gasteiger partial charge >= 0.3 is 0 Å². The second-order valence-corrected chi connectivity index (χ2v) is 8.53. The van der Waals surface area contributed by atoms with Crippen LogP contribution in [0.4, 0.5) is 11.4 Å². The molecule has 0 aromatic heterocycles. The molecule has 2 N–H and O–H groups in total. The predicted octanol–water partition coefficient (Wildman–Crippen LogP) is 4.57. The van der Waals surface area contributed by atoms with E-state index < -0.39 is 5.92 Å². The molecule has 168 valence electrons. The molecule has 33 heavy (non-hydrogen) atoms. The first-order valence-corrected chi connectivity index (χ1v) is 11.1. The van der Waals surface area contributed by atoms with Gasteiger partial charge in [-0.15, -0.1) is 0 Å². The lowest BCUT2D eigenvalue weighted by molar-refractivity contribution is -0.122. The molecule has 1 saturated heterocycles. The summed E-state index contributed by atoms with van der Waals surface area (Å²) in [6.07, 6.45) is 0.0973. The van der Waals surface area contributed by atoms with Gasteiger partial charge in [0.25, 0.3) is 5.91 Å². The standard InChI is InChI=1S/C26H24ClN3O3/c1-17-6-4-7-18(12-17)15-28-26(33)22-10-2-3-11-23(22)29-25(32)19-13-24(31)30(16-19)21-9-5-8-20(27)14-21/h2-12,14,19H,13,15-16H2,1H3,(H,28,33)(H,29,32)/t19-/m1/s1. The number of carbonyl (C=O) groups excluding carboxylic acids is 3. The summed E-state index contributed by atoms with van der Waals surface area (Å²) in [7, 11) is 0. The summed E-state index contributed by atoms with van der Waals surface area (Å²) >= 11 is 6.04. The number of halogens is 1. The fraction of sp³-hybridized carbons (Fsp3) is 0.192. The Morgan fingerprint density at radius 3 is 2.61 bits per heavy atom. The summed E-state index contributed by atoms with van der Waals surface area (Å²) in [5, 5.41) is 6.27. The Morgan fingerprint density at radius 1 is 1.03 bits per heavy atom. The largest absolute Gasteiger partial charge is 0.348 e. The zero-order chi connectivity index (χ0) is 23.4. The van der Waals surface area contributed by atoms with Gasteiger partial charge in [0, 0.05) is 30.2 Å². The molecule has 0 spiro atoms. The van der Waals surface area contributed by atoms with Crippen molar-refractivity contribution in [2.24, 2.45) is 5.92 Å². The van der Waals surface area contributed by atoms with Gasteiger partial charge in [-0.1, -0.05) is 59.6 Å². The van der Waals surface area contributed by atoms with Gasteiger partial charge in [0.05, 0.1) is 17.2 Å². The molecule has 3 aromatic carbocycles. The number of benzene rings is 3. The molecule has 0 saturated carbocycles. The minimum absolute atomic E-state index is 0.0973. The van der Waals surface area contributed by atoms with Gasteiger partial charge in [-0.05, 0) is 42.8 Å². The van der Waals surface area contributed by atoms with E-state index in [1.165, 1.54) is 0 Å². The first-order chi connectivity index (χ1) is 15.9. The number of anilines is 2. The summed E-state index contributed by atoms with van der Waals surface area (Å²) in [5.41, 5.74) is 3.56. The molecule has 3 amide bonds. The zero-order valence-corrected chi connectivity index (χ0v) is 18.9. The SMILES string of the molecule is Cc1cccc(CNC(=O)c2ccccc2NC(=O)[C@@H]2CC(=O)N(c3cccc(Cl)c3)C2)c1. The molecule has 1 aliphatic heterocycles. The highest BCUT2D eigenvalue weighted by atomic mass is 35.5. The smallest absolute Gasteiger partial charge is 0.253 e. The fourth-order valence-corrected chi connectivity index (χ4v) is 4.09. The van der Waals surface area contributed by atoms with E-state index in [2.05, 4.69) is 10.6 Å². The lowest BCUT2D eigenvalue weighted by Gasteiger charge is -2.17. The third-order valence-corrected chi connectivity index (χ3v) is 5.82. The average Bonchev–Trinajstić information content (AvgIpc) is 3.20. The number of nitrogens with one attached hydrogen (secondary N) is 2. The minimum atomic E-state index is -0.528. The Balaban J connectivity index is 1.42. The fourth-order valence-electron chi connectivity index (χ4n) is 3.90. The van der Waals surface area contributed by atoms with Crippen LogP contribution >= 0.6 is 11.6 Å². The second-order valence-electron chi connectivity index (χ2n) is 8.09. The highest BCUT2D eigenvalue weighted by Crippen LogP contribution is 2.28. The van der Waals surface area contributed by atoms with Crippen molar-refractivity contribution < 1.29 is 14.4 Å². The first kappa shape index (κ1) is 22.6. The van der Waals surface area contributed by atoms with Gasteiger partial charge in [0.2, 0.25) is 11.8 Å². The highest BCUT2D eigenvalue weighted by molar-refractivity contribution is 6.31. The molecule has 1 atom stereocenters. The van der Waals surface area contributed by atoms with E-state index in [0.29, 0.717) is 28.5 Å². The van der Waals surface area contributed by atoms with Crippen molar-refractivity contribution in [1.29, 1.82) is 0 Å².